The highest BCUT2D eigenvalue weighted by Gasteiger charge is 2.16. The number of hydrogen-bond acceptors (Lipinski definition) is 2. The minimum atomic E-state index is 0.187. The first kappa shape index (κ1) is 21.2. The summed E-state index contributed by atoms with van der Waals surface area (Å²) in [4.78, 5) is 14.8. The maximum atomic E-state index is 12.8. The van der Waals surface area contributed by atoms with Crippen molar-refractivity contribution in [1.82, 2.24) is 14.8 Å². The van der Waals surface area contributed by atoms with Crippen LogP contribution in [0.5, 0.6) is 0 Å². The fraction of sp³-hybridized carbons (Fsp3) is 0.522. The van der Waals surface area contributed by atoms with E-state index in [2.05, 4.69) is 80.2 Å². The number of benzene rings is 1. The van der Waals surface area contributed by atoms with E-state index in [1.807, 2.05) is 4.90 Å². The van der Waals surface area contributed by atoms with Crippen LogP contribution in [0.25, 0.3) is 0 Å². The van der Waals surface area contributed by atoms with Crippen molar-refractivity contribution in [2.75, 3.05) is 13.1 Å². The largest absolute Gasteiger partial charge is 0.345 e. The van der Waals surface area contributed by atoms with E-state index in [1.54, 1.807) is 0 Å². The molecule has 0 fully saturated rings. The zero-order valence-electron chi connectivity index (χ0n) is 17.4. The van der Waals surface area contributed by atoms with E-state index in [-0.39, 0.29) is 5.91 Å². The Balaban J connectivity index is 2.06. The third kappa shape index (κ3) is 6.87. The summed E-state index contributed by atoms with van der Waals surface area (Å²) in [5.74, 6) is 0.187. The van der Waals surface area contributed by atoms with Crippen molar-refractivity contribution in [1.29, 1.82) is 0 Å². The molecular formula is C23H35N3O. The fourth-order valence-electron chi connectivity index (χ4n) is 3.11. The highest BCUT2D eigenvalue weighted by Crippen LogP contribution is 2.13. The number of carbonyl (C=O) groups excluding carboxylic acids is 1. The van der Waals surface area contributed by atoms with Crippen molar-refractivity contribution in [2.45, 2.75) is 66.1 Å². The third-order valence-corrected chi connectivity index (χ3v) is 5.06. The number of aromatic nitrogens is 1. The number of nitrogens with one attached hydrogen (secondary N) is 1. The molecular weight excluding hydrogens is 334 g/mol. The Morgan fingerprint density at radius 2 is 2.04 bits per heavy atom. The number of hydrogen-bond donors (Lipinski definition) is 1. The molecule has 1 aromatic heterocycles. The Morgan fingerprint density at radius 3 is 2.74 bits per heavy atom. The highest BCUT2D eigenvalue weighted by atomic mass is 16.2. The molecule has 1 unspecified atom stereocenters. The molecule has 0 saturated carbocycles. The number of nitrogens with zero attached hydrogens (tertiary/aromatic N) is 2. The van der Waals surface area contributed by atoms with Crippen LogP contribution in [0.2, 0.25) is 0 Å². The summed E-state index contributed by atoms with van der Waals surface area (Å²) in [6.45, 7) is 11.3. The van der Waals surface area contributed by atoms with E-state index in [4.69, 9.17) is 0 Å². The molecule has 0 aliphatic carbocycles. The molecule has 0 aliphatic rings. The molecule has 0 bridgehead atoms. The molecule has 148 valence electrons. The van der Waals surface area contributed by atoms with Crippen LogP contribution in [0, 0.1) is 6.92 Å². The van der Waals surface area contributed by atoms with Gasteiger partial charge in [-0.2, -0.15) is 0 Å². The number of aryl methyl sites for hydroxylation is 1. The average Bonchev–Trinajstić information content (AvgIpc) is 3.09. The maximum absolute atomic E-state index is 12.8. The molecule has 27 heavy (non-hydrogen) atoms. The first-order valence-electron chi connectivity index (χ1n) is 10.2. The lowest BCUT2D eigenvalue weighted by Crippen LogP contribution is -2.41. The van der Waals surface area contributed by atoms with Crippen molar-refractivity contribution >= 4 is 5.91 Å². The van der Waals surface area contributed by atoms with Crippen LogP contribution in [0.3, 0.4) is 0 Å². The molecule has 1 heterocycles. The maximum Gasteiger partial charge on any atom is 0.236 e. The van der Waals surface area contributed by atoms with Gasteiger partial charge in [0.1, 0.15) is 0 Å². The molecule has 1 atom stereocenters. The Hall–Kier alpha value is -2.07. The van der Waals surface area contributed by atoms with Crippen LogP contribution in [0.1, 0.15) is 56.9 Å². The van der Waals surface area contributed by atoms with Gasteiger partial charge in [-0.1, -0.05) is 50.1 Å². The summed E-state index contributed by atoms with van der Waals surface area (Å²) in [7, 11) is 0. The average molecular weight is 370 g/mol. The van der Waals surface area contributed by atoms with E-state index in [0.29, 0.717) is 19.1 Å². The first-order valence-corrected chi connectivity index (χ1v) is 10.2. The number of unbranched alkanes of at least 4 members (excludes halogenated alkanes) is 1. The van der Waals surface area contributed by atoms with Gasteiger partial charge in [0.15, 0.2) is 0 Å². The molecule has 2 aromatic rings. The van der Waals surface area contributed by atoms with Crippen LogP contribution in [0.4, 0.5) is 0 Å². The summed E-state index contributed by atoms with van der Waals surface area (Å²) >= 11 is 0. The standard InChI is InChI=1S/C23H35N3O/c1-5-7-13-26(23(27)16-24-20(4)6-2)18-22-12-9-14-25(22)17-21-11-8-10-19(3)15-21/h8-12,14-15,20,24H,5-7,13,16-18H2,1-4H3. The summed E-state index contributed by atoms with van der Waals surface area (Å²) in [5.41, 5.74) is 3.75. The van der Waals surface area contributed by atoms with Gasteiger partial charge in [-0.15, -0.1) is 0 Å². The van der Waals surface area contributed by atoms with Gasteiger partial charge in [0.05, 0.1) is 13.1 Å². The molecule has 0 aliphatic heterocycles. The van der Waals surface area contributed by atoms with Crippen LogP contribution >= 0.6 is 0 Å². The van der Waals surface area contributed by atoms with Crippen LogP contribution < -0.4 is 5.32 Å². The van der Waals surface area contributed by atoms with Crippen LogP contribution in [-0.2, 0) is 17.9 Å². The van der Waals surface area contributed by atoms with Crippen LogP contribution in [-0.4, -0.2) is 34.5 Å². The van der Waals surface area contributed by atoms with E-state index in [0.717, 1.165) is 32.4 Å². The van der Waals surface area contributed by atoms with Crippen molar-refractivity contribution in [2.24, 2.45) is 0 Å². The van der Waals surface area contributed by atoms with Crippen LogP contribution in [0.15, 0.2) is 42.6 Å². The van der Waals surface area contributed by atoms with Gasteiger partial charge >= 0.3 is 0 Å². The van der Waals surface area contributed by atoms with E-state index >= 15 is 0 Å². The minimum absolute atomic E-state index is 0.187. The predicted octanol–water partition coefficient (Wildman–Crippen LogP) is 4.36. The van der Waals surface area contributed by atoms with E-state index in [9.17, 15) is 4.79 Å². The molecule has 1 aromatic carbocycles. The topological polar surface area (TPSA) is 37.3 Å². The lowest BCUT2D eigenvalue weighted by molar-refractivity contribution is -0.131. The number of carbonyl (C=O) groups is 1. The molecule has 1 amide bonds. The normalized spacial score (nSPS) is 12.1. The fourth-order valence-corrected chi connectivity index (χ4v) is 3.11. The van der Waals surface area contributed by atoms with Gasteiger partial charge in [0.25, 0.3) is 0 Å². The minimum Gasteiger partial charge on any atom is -0.345 e. The van der Waals surface area contributed by atoms with Gasteiger partial charge in [0, 0.05) is 31.0 Å². The molecule has 1 N–H and O–H groups in total. The monoisotopic (exact) mass is 369 g/mol. The number of rotatable bonds is 11. The summed E-state index contributed by atoms with van der Waals surface area (Å²) < 4.78 is 2.25. The van der Waals surface area contributed by atoms with Gasteiger partial charge in [-0.25, -0.2) is 0 Å². The molecule has 4 heteroatoms. The quantitative estimate of drug-likeness (QED) is 0.639. The lowest BCUT2D eigenvalue weighted by Gasteiger charge is -2.24. The second kappa shape index (κ2) is 10.9. The SMILES string of the molecule is CCCCN(Cc1cccn1Cc1cccc(C)c1)C(=O)CNC(C)CC. The predicted molar refractivity (Wildman–Crippen MR) is 113 cm³/mol. The molecule has 0 saturated heterocycles. The Morgan fingerprint density at radius 1 is 1.22 bits per heavy atom. The smallest absolute Gasteiger partial charge is 0.236 e. The second-order valence-corrected chi connectivity index (χ2v) is 7.48. The van der Waals surface area contributed by atoms with Gasteiger partial charge in [-0.3, -0.25) is 4.79 Å². The zero-order valence-corrected chi connectivity index (χ0v) is 17.4. The zero-order chi connectivity index (χ0) is 19.6. The Bertz CT molecular complexity index is 707. The van der Waals surface area contributed by atoms with Crippen molar-refractivity contribution in [3.8, 4) is 0 Å². The summed E-state index contributed by atoms with van der Waals surface area (Å²) in [6, 6.07) is 13.2. The molecule has 4 nitrogen and oxygen atoms in total. The third-order valence-electron chi connectivity index (χ3n) is 5.06. The van der Waals surface area contributed by atoms with E-state index in [1.165, 1.54) is 16.8 Å². The summed E-state index contributed by atoms with van der Waals surface area (Å²) in [6.07, 6.45) is 5.26. The Kier molecular flexibility index (Phi) is 8.59. The molecule has 2 rings (SSSR count). The van der Waals surface area contributed by atoms with E-state index < -0.39 is 0 Å². The first-order chi connectivity index (χ1) is 13.0. The summed E-state index contributed by atoms with van der Waals surface area (Å²) in [5, 5.41) is 3.33. The lowest BCUT2D eigenvalue weighted by atomic mass is 10.1. The van der Waals surface area contributed by atoms with Gasteiger partial charge in [0.2, 0.25) is 5.91 Å². The molecule has 0 radical (unpaired) electrons. The van der Waals surface area contributed by atoms with Crippen molar-refractivity contribution in [3.63, 3.8) is 0 Å². The Labute approximate surface area is 164 Å². The van der Waals surface area contributed by atoms with Gasteiger partial charge in [-0.05, 0) is 44.4 Å². The molecule has 0 spiro atoms. The second-order valence-electron chi connectivity index (χ2n) is 7.48. The van der Waals surface area contributed by atoms with Crippen molar-refractivity contribution in [3.05, 3.63) is 59.4 Å². The number of amides is 1. The van der Waals surface area contributed by atoms with Crippen molar-refractivity contribution < 1.29 is 4.79 Å². The van der Waals surface area contributed by atoms with Gasteiger partial charge < -0.3 is 14.8 Å². The highest BCUT2D eigenvalue weighted by molar-refractivity contribution is 5.78.